The van der Waals surface area contributed by atoms with E-state index in [1.165, 1.54) is 21.3 Å². The summed E-state index contributed by atoms with van der Waals surface area (Å²) in [5, 5.41) is 0. The van der Waals surface area contributed by atoms with Gasteiger partial charge in [-0.1, -0.05) is 0 Å². The van der Waals surface area contributed by atoms with Crippen LogP contribution in [-0.4, -0.2) is 83.7 Å². The molecule has 1 amide bonds. The molecule has 0 unspecified atom stereocenters. The normalized spacial score (nSPS) is 15.5. The summed E-state index contributed by atoms with van der Waals surface area (Å²) < 4.78 is 27.3. The number of amides is 1. The van der Waals surface area contributed by atoms with E-state index in [0.717, 1.165) is 41.5 Å². The summed E-state index contributed by atoms with van der Waals surface area (Å²) in [6.07, 6.45) is 3.38. The van der Waals surface area contributed by atoms with Gasteiger partial charge in [-0.2, -0.15) is 0 Å². The fourth-order valence-corrected chi connectivity index (χ4v) is 5.12. The largest absolute Gasteiger partial charge is 0.493 e. The number of hydrogen-bond acceptors (Lipinski definition) is 8. The molecule has 0 aromatic heterocycles. The number of aldehydes is 1. The highest BCUT2D eigenvalue weighted by molar-refractivity contribution is 5.96. The molecule has 1 fully saturated rings. The van der Waals surface area contributed by atoms with Gasteiger partial charge in [-0.3, -0.25) is 9.59 Å². The van der Waals surface area contributed by atoms with Gasteiger partial charge in [-0.15, -0.1) is 0 Å². The minimum atomic E-state index is -0.115. The lowest BCUT2D eigenvalue weighted by molar-refractivity contribution is -0.105. The first-order valence-corrected chi connectivity index (χ1v) is 12.3. The molecule has 0 saturated carbocycles. The number of methoxy groups -OCH3 is 5. The molecule has 37 heavy (non-hydrogen) atoms. The Morgan fingerprint density at radius 3 is 1.89 bits per heavy atom. The van der Waals surface area contributed by atoms with Crippen molar-refractivity contribution >= 4 is 17.9 Å². The van der Waals surface area contributed by atoms with Crippen LogP contribution in [0.15, 0.2) is 29.8 Å². The van der Waals surface area contributed by atoms with E-state index >= 15 is 0 Å². The molecule has 0 atom stereocenters. The Kier molecular flexibility index (Phi) is 8.11. The van der Waals surface area contributed by atoms with Gasteiger partial charge in [0.1, 0.15) is 6.29 Å². The molecule has 1 aliphatic carbocycles. The Hall–Kier alpha value is -3.88. The van der Waals surface area contributed by atoms with Gasteiger partial charge in [-0.05, 0) is 49.1 Å². The van der Waals surface area contributed by atoms with Crippen LogP contribution < -0.4 is 23.7 Å². The first-order chi connectivity index (χ1) is 18.0. The molecule has 0 bridgehead atoms. The quantitative estimate of drug-likeness (QED) is 0.500. The van der Waals surface area contributed by atoms with Crippen LogP contribution >= 0.6 is 0 Å². The number of hydrogen-bond donors (Lipinski definition) is 0. The van der Waals surface area contributed by atoms with Crippen LogP contribution in [0.4, 0.5) is 0 Å². The van der Waals surface area contributed by atoms with Crippen LogP contribution in [0.3, 0.4) is 0 Å². The fourth-order valence-electron chi connectivity index (χ4n) is 5.12. The van der Waals surface area contributed by atoms with E-state index in [1.807, 2.05) is 17.0 Å². The maximum atomic E-state index is 13.4. The predicted octanol–water partition coefficient (Wildman–Crippen LogP) is 3.43. The van der Waals surface area contributed by atoms with Crippen molar-refractivity contribution < 1.29 is 33.3 Å². The van der Waals surface area contributed by atoms with E-state index in [4.69, 9.17) is 23.7 Å². The molecule has 4 rings (SSSR count). The van der Waals surface area contributed by atoms with Gasteiger partial charge in [0.25, 0.3) is 5.91 Å². The Balaban J connectivity index is 1.60. The molecule has 1 aliphatic heterocycles. The SMILES string of the molecule is COc1cc2c(cc1OC)C(N1CCN(C(=O)c3cc(OC)c(OC)c(OC)c3)CC1)=C(C=O)CCC2. The standard InChI is InChI=1S/C28H34N2O7/c1-33-22-13-18-7-6-8-19(17-31)26(21(18)16-23(22)34-2)29-9-11-30(12-10-29)28(32)20-14-24(35-3)27(37-5)25(15-20)36-4/h13-17H,6-12H2,1-5H3. The van der Waals surface area contributed by atoms with Crippen molar-refractivity contribution in [2.45, 2.75) is 19.3 Å². The van der Waals surface area contributed by atoms with Crippen LogP contribution in [-0.2, 0) is 11.2 Å². The van der Waals surface area contributed by atoms with Crippen LogP contribution in [0.2, 0.25) is 0 Å². The number of rotatable bonds is 8. The topological polar surface area (TPSA) is 86.8 Å². The Bertz CT molecular complexity index is 1170. The van der Waals surface area contributed by atoms with Gasteiger partial charge in [0.15, 0.2) is 23.0 Å². The smallest absolute Gasteiger partial charge is 0.254 e. The lowest BCUT2D eigenvalue weighted by Gasteiger charge is -2.38. The fraction of sp³-hybridized carbons (Fsp3) is 0.429. The van der Waals surface area contributed by atoms with Gasteiger partial charge >= 0.3 is 0 Å². The van der Waals surface area contributed by atoms with Gasteiger partial charge in [-0.25, -0.2) is 0 Å². The summed E-state index contributed by atoms with van der Waals surface area (Å²) >= 11 is 0. The molecule has 2 aromatic rings. The molecule has 198 valence electrons. The number of fused-ring (bicyclic) bond motifs is 1. The number of piperazine rings is 1. The number of benzene rings is 2. The molecular weight excluding hydrogens is 476 g/mol. The van der Waals surface area contributed by atoms with Crippen molar-refractivity contribution in [1.29, 1.82) is 0 Å². The van der Waals surface area contributed by atoms with E-state index in [-0.39, 0.29) is 5.91 Å². The summed E-state index contributed by atoms with van der Waals surface area (Å²) in [6, 6.07) is 7.31. The Morgan fingerprint density at radius 2 is 1.35 bits per heavy atom. The van der Waals surface area contributed by atoms with Crippen molar-refractivity contribution in [2.24, 2.45) is 0 Å². The minimum Gasteiger partial charge on any atom is -0.493 e. The molecule has 9 heteroatoms. The molecule has 1 saturated heterocycles. The third kappa shape index (κ3) is 5.03. The van der Waals surface area contributed by atoms with Gasteiger partial charge < -0.3 is 33.5 Å². The molecule has 2 aliphatic rings. The summed E-state index contributed by atoms with van der Waals surface area (Å²) in [4.78, 5) is 29.6. The van der Waals surface area contributed by atoms with Gasteiger partial charge in [0.2, 0.25) is 5.75 Å². The van der Waals surface area contributed by atoms with Crippen LogP contribution in [0.5, 0.6) is 28.7 Å². The first kappa shape index (κ1) is 26.2. The first-order valence-electron chi connectivity index (χ1n) is 12.3. The predicted molar refractivity (Wildman–Crippen MR) is 139 cm³/mol. The van der Waals surface area contributed by atoms with E-state index in [1.54, 1.807) is 26.4 Å². The van der Waals surface area contributed by atoms with Gasteiger partial charge in [0.05, 0.1) is 41.2 Å². The second-order valence-electron chi connectivity index (χ2n) is 8.90. The third-order valence-electron chi connectivity index (χ3n) is 7.00. The molecule has 2 aromatic carbocycles. The molecule has 1 heterocycles. The zero-order chi connectivity index (χ0) is 26.5. The average Bonchev–Trinajstić information content (AvgIpc) is 3.13. The molecule has 0 N–H and O–H groups in total. The summed E-state index contributed by atoms with van der Waals surface area (Å²) in [5.74, 6) is 2.50. The number of nitrogens with zero attached hydrogens (tertiary/aromatic N) is 2. The van der Waals surface area contributed by atoms with Crippen molar-refractivity contribution in [3.8, 4) is 28.7 Å². The highest BCUT2D eigenvalue weighted by Crippen LogP contribution is 2.40. The second-order valence-corrected chi connectivity index (χ2v) is 8.90. The Morgan fingerprint density at radius 1 is 0.757 bits per heavy atom. The number of carbonyl (C=O) groups excluding carboxylic acids is 2. The second kappa shape index (κ2) is 11.5. The van der Waals surface area contributed by atoms with Crippen molar-refractivity contribution in [2.75, 3.05) is 61.7 Å². The highest BCUT2D eigenvalue weighted by atomic mass is 16.5. The van der Waals surface area contributed by atoms with Crippen molar-refractivity contribution in [3.05, 3.63) is 46.5 Å². The van der Waals surface area contributed by atoms with Crippen LogP contribution in [0, 0.1) is 0 Å². The average molecular weight is 511 g/mol. The summed E-state index contributed by atoms with van der Waals surface area (Å²) in [6.45, 7) is 2.20. The van der Waals surface area contributed by atoms with Crippen molar-refractivity contribution in [1.82, 2.24) is 9.80 Å². The minimum absolute atomic E-state index is 0.115. The number of ether oxygens (including phenoxy) is 5. The van der Waals surface area contributed by atoms with E-state index in [0.29, 0.717) is 66.9 Å². The number of carbonyl (C=O) groups is 2. The zero-order valence-electron chi connectivity index (χ0n) is 22.1. The molecule has 9 nitrogen and oxygen atoms in total. The molecule has 0 spiro atoms. The Labute approximate surface area is 217 Å². The highest BCUT2D eigenvalue weighted by Gasteiger charge is 2.29. The maximum absolute atomic E-state index is 13.4. The maximum Gasteiger partial charge on any atom is 0.254 e. The van der Waals surface area contributed by atoms with Crippen LogP contribution in [0.1, 0.15) is 34.3 Å². The third-order valence-corrected chi connectivity index (χ3v) is 7.00. The summed E-state index contributed by atoms with van der Waals surface area (Å²) in [7, 11) is 7.81. The lowest BCUT2D eigenvalue weighted by Crippen LogP contribution is -2.48. The van der Waals surface area contributed by atoms with E-state index in [2.05, 4.69) is 4.90 Å². The van der Waals surface area contributed by atoms with E-state index < -0.39 is 0 Å². The zero-order valence-corrected chi connectivity index (χ0v) is 22.1. The molecule has 0 radical (unpaired) electrons. The lowest BCUT2D eigenvalue weighted by atomic mass is 9.99. The molecular formula is C28H34N2O7. The van der Waals surface area contributed by atoms with Gasteiger partial charge in [0, 0.05) is 42.9 Å². The number of aryl methyl sites for hydroxylation is 1. The summed E-state index contributed by atoms with van der Waals surface area (Å²) in [5.41, 5.74) is 4.27. The monoisotopic (exact) mass is 510 g/mol. The number of allylic oxidation sites excluding steroid dienone is 1. The van der Waals surface area contributed by atoms with Crippen molar-refractivity contribution in [3.63, 3.8) is 0 Å². The van der Waals surface area contributed by atoms with Crippen LogP contribution in [0.25, 0.3) is 5.70 Å². The van der Waals surface area contributed by atoms with E-state index in [9.17, 15) is 9.59 Å².